The van der Waals surface area contributed by atoms with Crippen LogP contribution in [-0.2, 0) is 11.8 Å². The van der Waals surface area contributed by atoms with Gasteiger partial charge in [0.25, 0.3) is 0 Å². The molecule has 0 aliphatic heterocycles. The van der Waals surface area contributed by atoms with Gasteiger partial charge >= 0.3 is 0 Å². The number of aryl methyl sites for hydroxylation is 1. The summed E-state index contributed by atoms with van der Waals surface area (Å²) in [4.78, 5) is 3.99. The zero-order valence-electron chi connectivity index (χ0n) is 6.90. The Hall–Kier alpha value is -1.10. The Morgan fingerprint density at radius 1 is 1.64 bits per heavy atom. The highest BCUT2D eigenvalue weighted by Crippen LogP contribution is 2.11. The predicted octanol–water partition coefficient (Wildman–Crippen LogP) is 0.105. The number of nitrogen functional groups attached to an aromatic ring is 1. The van der Waals surface area contributed by atoms with Gasteiger partial charge in [0.1, 0.15) is 6.10 Å². The first-order chi connectivity index (χ1) is 5.15. The van der Waals surface area contributed by atoms with Crippen LogP contribution < -0.4 is 5.73 Å². The number of ether oxygens (including phenoxy) is 1. The molecular weight excluding hydrogens is 144 g/mol. The molecule has 0 aliphatic carbocycles. The summed E-state index contributed by atoms with van der Waals surface area (Å²) in [5.41, 5.74) is 5.47. The average molecular weight is 156 g/mol. The molecule has 0 bridgehead atoms. The van der Waals surface area contributed by atoms with E-state index in [2.05, 4.69) is 10.1 Å². The topological polar surface area (TPSA) is 66.0 Å². The van der Waals surface area contributed by atoms with Gasteiger partial charge in [-0.2, -0.15) is 10.1 Å². The summed E-state index contributed by atoms with van der Waals surface area (Å²) in [6.45, 7) is 1.87. The molecule has 0 saturated heterocycles. The van der Waals surface area contributed by atoms with E-state index in [1.54, 1.807) is 14.2 Å². The second-order valence-corrected chi connectivity index (χ2v) is 2.33. The first kappa shape index (κ1) is 8.00. The number of anilines is 1. The number of nitrogens with zero attached hydrogens (tertiary/aromatic N) is 3. The van der Waals surface area contributed by atoms with Gasteiger partial charge in [-0.25, -0.2) is 4.68 Å². The van der Waals surface area contributed by atoms with Crippen molar-refractivity contribution in [1.82, 2.24) is 14.8 Å². The highest BCUT2D eigenvalue weighted by molar-refractivity contribution is 5.15. The number of aromatic nitrogens is 3. The third-order valence-electron chi connectivity index (χ3n) is 1.53. The first-order valence-electron chi connectivity index (χ1n) is 3.34. The molecule has 1 unspecified atom stereocenters. The maximum Gasteiger partial charge on any atom is 0.218 e. The highest BCUT2D eigenvalue weighted by atomic mass is 16.5. The molecule has 0 saturated carbocycles. The molecule has 0 fully saturated rings. The second-order valence-electron chi connectivity index (χ2n) is 2.33. The van der Waals surface area contributed by atoms with Crippen LogP contribution >= 0.6 is 0 Å². The largest absolute Gasteiger partial charge is 0.374 e. The van der Waals surface area contributed by atoms with Crippen molar-refractivity contribution >= 4 is 5.95 Å². The summed E-state index contributed by atoms with van der Waals surface area (Å²) >= 11 is 0. The van der Waals surface area contributed by atoms with Crippen LogP contribution in [0.2, 0.25) is 0 Å². The molecule has 1 heterocycles. The summed E-state index contributed by atoms with van der Waals surface area (Å²) in [6.07, 6.45) is -0.0986. The van der Waals surface area contributed by atoms with E-state index >= 15 is 0 Å². The lowest BCUT2D eigenvalue weighted by atomic mass is 10.4. The van der Waals surface area contributed by atoms with E-state index < -0.39 is 0 Å². The van der Waals surface area contributed by atoms with Crippen LogP contribution in [0.5, 0.6) is 0 Å². The Balaban J connectivity index is 2.88. The Morgan fingerprint density at radius 3 is 2.64 bits per heavy atom. The van der Waals surface area contributed by atoms with E-state index in [1.165, 1.54) is 4.68 Å². The maximum atomic E-state index is 5.47. The summed E-state index contributed by atoms with van der Waals surface area (Å²) < 4.78 is 6.53. The van der Waals surface area contributed by atoms with Crippen molar-refractivity contribution in [2.45, 2.75) is 13.0 Å². The number of nitrogens with two attached hydrogens (primary N) is 1. The molecule has 5 nitrogen and oxygen atoms in total. The van der Waals surface area contributed by atoms with Gasteiger partial charge in [0.05, 0.1) is 0 Å². The van der Waals surface area contributed by atoms with Crippen LogP contribution in [0.1, 0.15) is 18.9 Å². The smallest absolute Gasteiger partial charge is 0.218 e. The molecule has 11 heavy (non-hydrogen) atoms. The summed E-state index contributed by atoms with van der Waals surface area (Å²) in [7, 11) is 3.35. The lowest BCUT2D eigenvalue weighted by molar-refractivity contribution is 0.112. The van der Waals surface area contributed by atoms with Gasteiger partial charge in [0.2, 0.25) is 5.95 Å². The molecule has 1 atom stereocenters. The normalized spacial score (nSPS) is 13.4. The van der Waals surface area contributed by atoms with Gasteiger partial charge in [0, 0.05) is 14.2 Å². The third kappa shape index (κ3) is 1.48. The summed E-state index contributed by atoms with van der Waals surface area (Å²) in [5, 5.41) is 4.04. The Kier molecular flexibility index (Phi) is 2.09. The summed E-state index contributed by atoms with van der Waals surface area (Å²) in [6, 6.07) is 0. The molecule has 5 heteroatoms. The maximum absolute atomic E-state index is 5.47. The molecule has 0 aromatic carbocycles. The molecule has 2 N–H and O–H groups in total. The van der Waals surface area contributed by atoms with Crippen molar-refractivity contribution in [3.05, 3.63) is 5.82 Å². The number of methoxy groups -OCH3 is 1. The predicted molar refractivity (Wildman–Crippen MR) is 40.8 cm³/mol. The van der Waals surface area contributed by atoms with E-state index in [1.807, 2.05) is 6.92 Å². The standard InChI is InChI=1S/C6H12N4O/c1-4(11-3)5-8-6(7)10(2)9-5/h4H,1-3H3,(H2,7,8,9). The minimum atomic E-state index is -0.0986. The molecule has 0 aliphatic rings. The molecule has 0 radical (unpaired) electrons. The van der Waals surface area contributed by atoms with Crippen molar-refractivity contribution in [1.29, 1.82) is 0 Å². The fraction of sp³-hybridized carbons (Fsp3) is 0.667. The molecule has 0 amide bonds. The zero-order valence-corrected chi connectivity index (χ0v) is 6.90. The molecular formula is C6H12N4O. The van der Waals surface area contributed by atoms with Gasteiger partial charge in [-0.1, -0.05) is 0 Å². The van der Waals surface area contributed by atoms with E-state index in [0.29, 0.717) is 11.8 Å². The van der Waals surface area contributed by atoms with Crippen molar-refractivity contribution < 1.29 is 4.74 Å². The Bertz CT molecular complexity index is 225. The lowest BCUT2D eigenvalue weighted by Crippen LogP contribution is -1.99. The highest BCUT2D eigenvalue weighted by Gasteiger charge is 2.10. The van der Waals surface area contributed by atoms with Crippen LogP contribution in [0, 0.1) is 0 Å². The number of hydrogen-bond donors (Lipinski definition) is 1. The van der Waals surface area contributed by atoms with Crippen LogP contribution in [0.25, 0.3) is 0 Å². The van der Waals surface area contributed by atoms with Crippen molar-refractivity contribution in [3.8, 4) is 0 Å². The van der Waals surface area contributed by atoms with Crippen LogP contribution in [0.3, 0.4) is 0 Å². The molecule has 1 aromatic heterocycles. The quantitative estimate of drug-likeness (QED) is 0.659. The molecule has 0 spiro atoms. The van der Waals surface area contributed by atoms with Crippen molar-refractivity contribution in [3.63, 3.8) is 0 Å². The first-order valence-corrected chi connectivity index (χ1v) is 3.34. The van der Waals surface area contributed by atoms with Gasteiger partial charge in [-0.3, -0.25) is 0 Å². The molecule has 1 rings (SSSR count). The van der Waals surface area contributed by atoms with Gasteiger partial charge < -0.3 is 10.5 Å². The molecule has 1 aromatic rings. The van der Waals surface area contributed by atoms with E-state index in [-0.39, 0.29) is 6.10 Å². The minimum Gasteiger partial charge on any atom is -0.374 e. The minimum absolute atomic E-state index is 0.0986. The molecule has 62 valence electrons. The Labute approximate surface area is 65.2 Å². The van der Waals surface area contributed by atoms with Gasteiger partial charge in [-0.05, 0) is 6.92 Å². The zero-order chi connectivity index (χ0) is 8.43. The second kappa shape index (κ2) is 2.87. The van der Waals surface area contributed by atoms with E-state index in [9.17, 15) is 0 Å². The van der Waals surface area contributed by atoms with Crippen LogP contribution in [0.4, 0.5) is 5.95 Å². The fourth-order valence-corrected chi connectivity index (χ4v) is 0.695. The summed E-state index contributed by atoms with van der Waals surface area (Å²) in [5.74, 6) is 1.02. The Morgan fingerprint density at radius 2 is 2.27 bits per heavy atom. The van der Waals surface area contributed by atoms with E-state index in [4.69, 9.17) is 10.5 Å². The monoisotopic (exact) mass is 156 g/mol. The van der Waals surface area contributed by atoms with Gasteiger partial charge in [0.15, 0.2) is 5.82 Å². The fourth-order valence-electron chi connectivity index (χ4n) is 0.695. The number of hydrogen-bond acceptors (Lipinski definition) is 4. The lowest BCUT2D eigenvalue weighted by Gasteiger charge is -2.01. The van der Waals surface area contributed by atoms with Gasteiger partial charge in [-0.15, -0.1) is 0 Å². The SMILES string of the molecule is COC(C)c1nc(N)n(C)n1. The van der Waals surface area contributed by atoms with Crippen LogP contribution in [0.15, 0.2) is 0 Å². The van der Waals surface area contributed by atoms with Crippen LogP contribution in [-0.4, -0.2) is 21.9 Å². The number of rotatable bonds is 2. The third-order valence-corrected chi connectivity index (χ3v) is 1.53. The van der Waals surface area contributed by atoms with Crippen molar-refractivity contribution in [2.24, 2.45) is 7.05 Å². The average Bonchev–Trinajstić information content (AvgIpc) is 2.31. The van der Waals surface area contributed by atoms with E-state index in [0.717, 1.165) is 0 Å². The van der Waals surface area contributed by atoms with Crippen molar-refractivity contribution in [2.75, 3.05) is 12.8 Å².